The fourth-order valence-electron chi connectivity index (χ4n) is 1.65. The zero-order valence-electron chi connectivity index (χ0n) is 9.11. The second-order valence-electron chi connectivity index (χ2n) is 3.69. The van der Waals surface area contributed by atoms with Crippen LogP contribution < -0.4 is 4.90 Å². The van der Waals surface area contributed by atoms with Crippen LogP contribution in [0.4, 0.5) is 5.82 Å². The number of hydrogen-bond donors (Lipinski definition) is 1. The summed E-state index contributed by atoms with van der Waals surface area (Å²) in [6.45, 7) is 2.65. The van der Waals surface area contributed by atoms with Gasteiger partial charge in [-0.3, -0.25) is 4.79 Å². The maximum absolute atomic E-state index is 10.6. The molecule has 0 atom stereocenters. The molecule has 1 aliphatic rings. The highest BCUT2D eigenvalue weighted by molar-refractivity contribution is 5.84. The summed E-state index contributed by atoms with van der Waals surface area (Å²) in [5.74, 6) is -0.449. The van der Waals surface area contributed by atoms with E-state index in [2.05, 4.69) is 9.97 Å². The Balaban J connectivity index is 2.03. The van der Waals surface area contributed by atoms with Crippen LogP contribution in [0.1, 0.15) is 10.5 Å². The number of rotatable bonds is 3. The summed E-state index contributed by atoms with van der Waals surface area (Å²) < 4.78 is 0. The Morgan fingerprint density at radius 2 is 1.94 bits per heavy atom. The van der Waals surface area contributed by atoms with E-state index in [1.807, 2.05) is 4.90 Å². The monoisotopic (exact) mass is 236 g/mol. The molecule has 2 rings (SSSR count). The second kappa shape index (κ2) is 4.77. The Hall–Kier alpha value is -2.18. The van der Waals surface area contributed by atoms with Crippen molar-refractivity contribution in [2.24, 2.45) is 0 Å². The lowest BCUT2D eigenvalue weighted by molar-refractivity contribution is -0.118. The van der Waals surface area contributed by atoms with Crippen molar-refractivity contribution in [3.63, 3.8) is 0 Å². The lowest BCUT2D eigenvalue weighted by atomic mass is 10.3. The van der Waals surface area contributed by atoms with Crippen LogP contribution >= 0.6 is 0 Å². The Bertz CT molecular complexity index is 412. The van der Waals surface area contributed by atoms with Gasteiger partial charge in [0.15, 0.2) is 5.69 Å². The van der Waals surface area contributed by atoms with Gasteiger partial charge in [0.25, 0.3) is 0 Å². The van der Waals surface area contributed by atoms with Gasteiger partial charge >= 0.3 is 5.97 Å². The minimum Gasteiger partial charge on any atom is -0.476 e. The Morgan fingerprint density at radius 3 is 2.41 bits per heavy atom. The van der Waals surface area contributed by atoms with Crippen LogP contribution in [0, 0.1) is 0 Å². The number of amides is 1. The number of aromatic carboxylic acids is 1. The fraction of sp³-hybridized carbons (Fsp3) is 0.400. The van der Waals surface area contributed by atoms with Crippen LogP contribution in [-0.4, -0.2) is 58.5 Å². The van der Waals surface area contributed by atoms with Gasteiger partial charge in [-0.15, -0.1) is 0 Å². The summed E-state index contributed by atoms with van der Waals surface area (Å²) in [4.78, 5) is 32.7. The maximum Gasteiger partial charge on any atom is 0.356 e. The number of carboxylic acid groups (broad SMARTS) is 1. The lowest BCUT2D eigenvalue weighted by Gasteiger charge is -2.33. The number of carboxylic acids is 1. The average Bonchev–Trinajstić information content (AvgIpc) is 2.39. The van der Waals surface area contributed by atoms with Gasteiger partial charge < -0.3 is 14.9 Å². The first-order valence-electron chi connectivity index (χ1n) is 5.20. The van der Waals surface area contributed by atoms with E-state index in [9.17, 15) is 9.59 Å². The predicted molar refractivity (Wildman–Crippen MR) is 58.8 cm³/mol. The standard InChI is InChI=1S/C10H12N4O3/c15-7-13-1-3-14(4-2-13)9-6-11-8(5-12-9)10(16)17/h5-7H,1-4H2,(H,16,17). The molecular weight excluding hydrogens is 224 g/mol. The third-order valence-electron chi connectivity index (χ3n) is 2.64. The summed E-state index contributed by atoms with van der Waals surface area (Å²) in [6, 6.07) is 0. The molecule has 0 radical (unpaired) electrons. The number of aromatic nitrogens is 2. The normalized spacial score (nSPS) is 15.8. The highest BCUT2D eigenvalue weighted by Gasteiger charge is 2.17. The first kappa shape index (κ1) is 11.3. The highest BCUT2D eigenvalue weighted by Crippen LogP contribution is 2.11. The van der Waals surface area contributed by atoms with E-state index in [1.165, 1.54) is 12.4 Å². The molecule has 1 N–H and O–H groups in total. The minimum absolute atomic E-state index is 0.0692. The number of carbonyl (C=O) groups is 2. The molecule has 0 saturated carbocycles. The van der Waals surface area contributed by atoms with Crippen molar-refractivity contribution in [1.82, 2.24) is 14.9 Å². The number of carbonyl (C=O) groups excluding carboxylic acids is 1. The molecule has 0 aromatic carbocycles. The summed E-state index contributed by atoms with van der Waals surface area (Å²) in [5.41, 5.74) is -0.0692. The molecule has 1 fully saturated rings. The molecule has 0 bridgehead atoms. The molecule has 1 aromatic rings. The number of anilines is 1. The smallest absolute Gasteiger partial charge is 0.356 e. The van der Waals surface area contributed by atoms with E-state index in [1.54, 1.807) is 4.90 Å². The van der Waals surface area contributed by atoms with Crippen molar-refractivity contribution >= 4 is 18.2 Å². The molecule has 1 aromatic heterocycles. The third-order valence-corrected chi connectivity index (χ3v) is 2.64. The van der Waals surface area contributed by atoms with E-state index in [4.69, 9.17) is 5.11 Å². The van der Waals surface area contributed by atoms with Gasteiger partial charge in [0.1, 0.15) is 5.82 Å². The molecule has 90 valence electrons. The van der Waals surface area contributed by atoms with Gasteiger partial charge in [-0.1, -0.05) is 0 Å². The average molecular weight is 236 g/mol. The lowest BCUT2D eigenvalue weighted by Crippen LogP contribution is -2.46. The summed E-state index contributed by atoms with van der Waals surface area (Å²) in [6.07, 6.45) is 3.51. The van der Waals surface area contributed by atoms with Crippen molar-refractivity contribution in [2.75, 3.05) is 31.1 Å². The van der Waals surface area contributed by atoms with Gasteiger partial charge in [0.2, 0.25) is 6.41 Å². The van der Waals surface area contributed by atoms with E-state index in [0.717, 1.165) is 6.41 Å². The molecule has 0 spiro atoms. The Labute approximate surface area is 97.7 Å². The van der Waals surface area contributed by atoms with Crippen molar-refractivity contribution < 1.29 is 14.7 Å². The SMILES string of the molecule is O=CN1CCN(c2cnc(C(=O)O)cn2)CC1. The maximum atomic E-state index is 10.6. The van der Waals surface area contributed by atoms with Crippen LogP contribution in [0.25, 0.3) is 0 Å². The quantitative estimate of drug-likeness (QED) is 0.709. The topological polar surface area (TPSA) is 86.6 Å². The summed E-state index contributed by atoms with van der Waals surface area (Å²) in [5, 5.41) is 8.69. The Kier molecular flexibility index (Phi) is 3.17. The van der Waals surface area contributed by atoms with Crippen LogP contribution in [0.2, 0.25) is 0 Å². The predicted octanol–water partition coefficient (Wildman–Crippen LogP) is -0.547. The number of hydrogen-bond acceptors (Lipinski definition) is 5. The zero-order valence-corrected chi connectivity index (χ0v) is 9.11. The number of nitrogens with zero attached hydrogens (tertiary/aromatic N) is 4. The van der Waals surface area contributed by atoms with E-state index < -0.39 is 5.97 Å². The molecular formula is C10H12N4O3. The third kappa shape index (κ3) is 2.49. The van der Waals surface area contributed by atoms with Crippen molar-refractivity contribution in [1.29, 1.82) is 0 Å². The fourth-order valence-corrected chi connectivity index (χ4v) is 1.65. The minimum atomic E-state index is -1.09. The van der Waals surface area contributed by atoms with Gasteiger partial charge in [0, 0.05) is 26.2 Å². The van der Waals surface area contributed by atoms with Crippen LogP contribution in [-0.2, 0) is 4.79 Å². The van der Waals surface area contributed by atoms with Crippen molar-refractivity contribution in [2.45, 2.75) is 0 Å². The van der Waals surface area contributed by atoms with E-state index >= 15 is 0 Å². The molecule has 0 aliphatic carbocycles. The highest BCUT2D eigenvalue weighted by atomic mass is 16.4. The first-order chi connectivity index (χ1) is 8.20. The van der Waals surface area contributed by atoms with Gasteiger partial charge in [-0.25, -0.2) is 14.8 Å². The molecule has 7 heteroatoms. The Morgan fingerprint density at radius 1 is 1.24 bits per heavy atom. The molecule has 17 heavy (non-hydrogen) atoms. The molecule has 2 heterocycles. The zero-order chi connectivity index (χ0) is 12.3. The van der Waals surface area contributed by atoms with E-state index in [-0.39, 0.29) is 5.69 Å². The molecule has 0 unspecified atom stereocenters. The van der Waals surface area contributed by atoms with Gasteiger partial charge in [-0.05, 0) is 0 Å². The molecule has 1 saturated heterocycles. The van der Waals surface area contributed by atoms with Crippen LogP contribution in [0.5, 0.6) is 0 Å². The van der Waals surface area contributed by atoms with Crippen LogP contribution in [0.15, 0.2) is 12.4 Å². The summed E-state index contributed by atoms with van der Waals surface area (Å²) in [7, 11) is 0. The largest absolute Gasteiger partial charge is 0.476 e. The van der Waals surface area contributed by atoms with Gasteiger partial charge in [-0.2, -0.15) is 0 Å². The van der Waals surface area contributed by atoms with Crippen molar-refractivity contribution in [3.8, 4) is 0 Å². The molecule has 1 amide bonds. The van der Waals surface area contributed by atoms with E-state index in [0.29, 0.717) is 32.0 Å². The summed E-state index contributed by atoms with van der Waals surface area (Å²) >= 11 is 0. The van der Waals surface area contributed by atoms with Crippen molar-refractivity contribution in [3.05, 3.63) is 18.1 Å². The molecule has 1 aliphatic heterocycles. The number of piperazine rings is 1. The first-order valence-corrected chi connectivity index (χ1v) is 5.20. The second-order valence-corrected chi connectivity index (χ2v) is 3.69. The molecule has 7 nitrogen and oxygen atoms in total. The van der Waals surface area contributed by atoms with Gasteiger partial charge in [0.05, 0.1) is 12.4 Å². The van der Waals surface area contributed by atoms with Crippen LogP contribution in [0.3, 0.4) is 0 Å².